The van der Waals surface area contributed by atoms with E-state index in [1.54, 1.807) is 0 Å². The van der Waals surface area contributed by atoms with Gasteiger partial charge in [-0.1, -0.05) is 54.9 Å². The van der Waals surface area contributed by atoms with Crippen LogP contribution >= 0.6 is 11.6 Å². The van der Waals surface area contributed by atoms with Crippen molar-refractivity contribution in [3.05, 3.63) is 106 Å². The Hall–Kier alpha value is -3.85. The molecule has 0 bridgehead atoms. The molecule has 3 N–H and O–H groups in total. The molecule has 0 atom stereocenters. The predicted molar refractivity (Wildman–Crippen MR) is 157 cm³/mol. The Morgan fingerprint density at radius 2 is 1.77 bits per heavy atom. The van der Waals surface area contributed by atoms with Gasteiger partial charge in [0.25, 0.3) is 0 Å². The van der Waals surface area contributed by atoms with E-state index in [-0.39, 0.29) is 0 Å². The fourth-order valence-electron chi connectivity index (χ4n) is 3.91. The van der Waals surface area contributed by atoms with E-state index in [9.17, 15) is 0 Å². The second-order valence-corrected chi connectivity index (χ2v) is 9.04. The van der Waals surface area contributed by atoms with Gasteiger partial charge in [-0.15, -0.1) is 10.2 Å². The molecule has 0 fully saturated rings. The maximum Gasteiger partial charge on any atom is 0.159 e. The van der Waals surface area contributed by atoms with Crippen LogP contribution in [0, 0.1) is 6.92 Å². The molecule has 3 aromatic carbocycles. The molecule has 39 heavy (non-hydrogen) atoms. The SMILES string of the molecule is CC=O.CCNC.Cc1nnc2n1-c1ccc(OCc3cccc(CN)c3)cc1C(c1ccc(Cl)cc1)=NC2. The van der Waals surface area contributed by atoms with Crippen LogP contribution in [0.4, 0.5) is 0 Å². The van der Waals surface area contributed by atoms with Crippen molar-refractivity contribution < 1.29 is 9.53 Å². The van der Waals surface area contributed by atoms with Gasteiger partial charge in [0.15, 0.2) is 5.82 Å². The van der Waals surface area contributed by atoms with Crippen molar-refractivity contribution >= 4 is 23.6 Å². The van der Waals surface area contributed by atoms with Crippen molar-refractivity contribution in [2.45, 2.75) is 40.5 Å². The molecule has 0 saturated carbocycles. The van der Waals surface area contributed by atoms with Gasteiger partial charge in [0.1, 0.15) is 31.0 Å². The summed E-state index contributed by atoms with van der Waals surface area (Å²) in [6, 6.07) is 21.9. The van der Waals surface area contributed by atoms with Gasteiger partial charge in [-0.2, -0.15) is 0 Å². The lowest BCUT2D eigenvalue weighted by Gasteiger charge is -2.15. The molecule has 2 heterocycles. The molecule has 1 aromatic heterocycles. The van der Waals surface area contributed by atoms with Gasteiger partial charge in [-0.3, -0.25) is 9.56 Å². The first-order chi connectivity index (χ1) is 18.9. The molecular formula is C30H35ClN6O2. The van der Waals surface area contributed by atoms with Gasteiger partial charge in [0, 0.05) is 22.7 Å². The number of hydrogen-bond donors (Lipinski definition) is 2. The number of nitrogens with one attached hydrogen (secondary N) is 1. The normalized spacial score (nSPS) is 11.4. The van der Waals surface area contributed by atoms with E-state index in [0.29, 0.717) is 24.7 Å². The second kappa shape index (κ2) is 14.9. The van der Waals surface area contributed by atoms with Crippen LogP contribution in [0.1, 0.15) is 47.8 Å². The molecule has 0 aliphatic carbocycles. The lowest BCUT2D eigenvalue weighted by Crippen LogP contribution is -2.09. The minimum atomic E-state index is 0.440. The van der Waals surface area contributed by atoms with E-state index in [0.717, 1.165) is 63.9 Å². The van der Waals surface area contributed by atoms with E-state index in [1.165, 1.54) is 6.92 Å². The fourth-order valence-corrected chi connectivity index (χ4v) is 4.04. The highest BCUT2D eigenvalue weighted by molar-refractivity contribution is 6.30. The van der Waals surface area contributed by atoms with E-state index in [4.69, 9.17) is 31.9 Å². The molecule has 1 aliphatic heterocycles. The van der Waals surface area contributed by atoms with E-state index < -0.39 is 0 Å². The number of nitrogens with zero attached hydrogens (tertiary/aromatic N) is 4. The van der Waals surface area contributed by atoms with Crippen molar-refractivity contribution in [2.75, 3.05) is 13.6 Å². The van der Waals surface area contributed by atoms with E-state index in [2.05, 4.69) is 33.1 Å². The van der Waals surface area contributed by atoms with Crippen molar-refractivity contribution in [1.29, 1.82) is 0 Å². The third-order valence-electron chi connectivity index (χ3n) is 5.84. The number of aliphatic imine (C=N–C) groups is 1. The van der Waals surface area contributed by atoms with Gasteiger partial charge >= 0.3 is 0 Å². The summed E-state index contributed by atoms with van der Waals surface area (Å²) >= 11 is 6.12. The first-order valence-electron chi connectivity index (χ1n) is 12.8. The molecule has 0 radical (unpaired) electrons. The topological polar surface area (TPSA) is 107 Å². The molecule has 9 heteroatoms. The van der Waals surface area contributed by atoms with Crippen LogP contribution in [0.2, 0.25) is 5.02 Å². The summed E-state index contributed by atoms with van der Waals surface area (Å²) in [6.45, 7) is 7.93. The maximum atomic E-state index is 8.81. The summed E-state index contributed by atoms with van der Waals surface area (Å²) in [7, 11) is 1.93. The summed E-state index contributed by atoms with van der Waals surface area (Å²) in [5.41, 5.74) is 11.7. The highest BCUT2D eigenvalue weighted by Gasteiger charge is 2.22. The number of carbonyl (C=O) groups excluding carboxylic acids is 1. The van der Waals surface area contributed by atoms with Gasteiger partial charge in [-0.05, 0) is 68.9 Å². The standard InChI is InChI=1S/C25H22ClN5O.C3H9N.C2H4O/c1-16-29-30-24-14-28-25(19-5-7-20(26)8-6-19)22-12-21(9-10-23(22)31(16)24)32-15-18-4-2-3-17(11-18)13-27;1-3-4-2;1-2-3/h2-12H,13-15,27H2,1H3;4H,3H2,1-2H3;2H,1H3. The maximum absolute atomic E-state index is 8.81. The Bertz CT molecular complexity index is 1400. The van der Waals surface area contributed by atoms with E-state index >= 15 is 0 Å². The summed E-state index contributed by atoms with van der Waals surface area (Å²) in [4.78, 5) is 13.7. The first kappa shape index (κ1) is 29.7. The minimum Gasteiger partial charge on any atom is -0.489 e. The van der Waals surface area contributed by atoms with Crippen LogP contribution < -0.4 is 15.8 Å². The van der Waals surface area contributed by atoms with Crippen molar-refractivity contribution in [3.8, 4) is 11.4 Å². The zero-order valence-corrected chi connectivity index (χ0v) is 23.6. The van der Waals surface area contributed by atoms with Gasteiger partial charge in [0.2, 0.25) is 0 Å². The third-order valence-corrected chi connectivity index (χ3v) is 6.09. The van der Waals surface area contributed by atoms with Crippen LogP contribution in [-0.4, -0.2) is 40.4 Å². The van der Waals surface area contributed by atoms with Crippen LogP contribution in [0.15, 0.2) is 71.7 Å². The number of nitrogens with two attached hydrogens (primary N) is 1. The number of aromatic nitrogens is 3. The number of fused-ring (bicyclic) bond motifs is 3. The largest absolute Gasteiger partial charge is 0.489 e. The molecule has 0 spiro atoms. The monoisotopic (exact) mass is 546 g/mol. The number of carbonyl (C=O) groups is 1. The van der Waals surface area contributed by atoms with Crippen LogP contribution in [-0.2, 0) is 24.5 Å². The summed E-state index contributed by atoms with van der Waals surface area (Å²) in [5, 5.41) is 12.2. The average Bonchev–Trinajstić information content (AvgIpc) is 3.24. The highest BCUT2D eigenvalue weighted by atomic mass is 35.5. The number of aldehydes is 1. The predicted octanol–water partition coefficient (Wildman–Crippen LogP) is 5.05. The molecule has 0 saturated heterocycles. The van der Waals surface area contributed by atoms with Crippen molar-refractivity contribution in [3.63, 3.8) is 0 Å². The quantitative estimate of drug-likeness (QED) is 0.328. The van der Waals surface area contributed by atoms with Crippen molar-refractivity contribution in [1.82, 2.24) is 20.1 Å². The zero-order valence-electron chi connectivity index (χ0n) is 22.8. The molecule has 0 amide bonds. The Balaban J connectivity index is 0.000000542. The van der Waals surface area contributed by atoms with Crippen LogP contribution in [0.3, 0.4) is 0 Å². The highest BCUT2D eigenvalue weighted by Crippen LogP contribution is 2.29. The smallest absolute Gasteiger partial charge is 0.159 e. The summed E-state index contributed by atoms with van der Waals surface area (Å²) in [5.74, 6) is 2.39. The van der Waals surface area contributed by atoms with E-state index in [1.807, 2.05) is 74.6 Å². The first-order valence-corrected chi connectivity index (χ1v) is 13.1. The van der Waals surface area contributed by atoms with Crippen LogP contribution in [0.5, 0.6) is 5.75 Å². The molecule has 0 unspecified atom stereocenters. The number of benzene rings is 3. The number of rotatable bonds is 6. The number of hydrogen-bond acceptors (Lipinski definition) is 7. The van der Waals surface area contributed by atoms with Crippen LogP contribution in [0.25, 0.3) is 5.69 Å². The number of aryl methyl sites for hydroxylation is 1. The second-order valence-electron chi connectivity index (χ2n) is 8.61. The average molecular weight is 547 g/mol. The molecule has 5 rings (SSSR count). The Kier molecular flexibility index (Phi) is 11.4. The molecule has 1 aliphatic rings. The summed E-state index contributed by atoms with van der Waals surface area (Å²) in [6.07, 6.45) is 0.750. The van der Waals surface area contributed by atoms with Gasteiger partial charge < -0.3 is 20.6 Å². The fraction of sp³-hybridized carbons (Fsp3) is 0.267. The molecular weight excluding hydrogens is 512 g/mol. The lowest BCUT2D eigenvalue weighted by atomic mass is 10.00. The Labute approximate surface area is 234 Å². The molecule has 4 aromatic rings. The zero-order chi connectivity index (χ0) is 28.2. The molecule has 204 valence electrons. The lowest BCUT2D eigenvalue weighted by molar-refractivity contribution is -0.106. The Morgan fingerprint density at radius 3 is 2.44 bits per heavy atom. The minimum absolute atomic E-state index is 0.440. The number of halogens is 1. The molecule has 8 nitrogen and oxygen atoms in total. The number of ether oxygens (including phenoxy) is 1. The van der Waals surface area contributed by atoms with Crippen molar-refractivity contribution in [2.24, 2.45) is 10.7 Å². The van der Waals surface area contributed by atoms with Gasteiger partial charge in [-0.25, -0.2) is 0 Å². The third kappa shape index (κ3) is 7.83. The Morgan fingerprint density at radius 1 is 1.08 bits per heavy atom. The summed E-state index contributed by atoms with van der Waals surface area (Å²) < 4.78 is 8.20. The van der Waals surface area contributed by atoms with Gasteiger partial charge in [0.05, 0.1) is 11.4 Å².